The molecule has 0 atom stereocenters. The van der Waals surface area contributed by atoms with Crippen molar-refractivity contribution in [2.75, 3.05) is 6.61 Å². The largest absolute Gasteiger partial charge is 0.457 e. The second-order valence-corrected chi connectivity index (χ2v) is 2.98. The van der Waals surface area contributed by atoms with E-state index in [0.717, 1.165) is 0 Å². The standard InChI is InChI=1S/C11H10F2O2/c1-8(10(12)13)7-15-11(14)9-5-3-2-4-6-9/h2-6H,7H2,1H3. The summed E-state index contributed by atoms with van der Waals surface area (Å²) in [7, 11) is 0. The fourth-order valence-corrected chi connectivity index (χ4v) is 0.886. The van der Waals surface area contributed by atoms with Crippen LogP contribution in [0.15, 0.2) is 42.0 Å². The molecule has 0 fully saturated rings. The lowest BCUT2D eigenvalue weighted by molar-refractivity contribution is 0.0536. The summed E-state index contributed by atoms with van der Waals surface area (Å²) in [5, 5.41) is 0. The Hall–Kier alpha value is -1.71. The van der Waals surface area contributed by atoms with Crippen LogP contribution in [-0.4, -0.2) is 12.6 Å². The van der Waals surface area contributed by atoms with Crippen molar-refractivity contribution in [2.24, 2.45) is 0 Å². The van der Waals surface area contributed by atoms with Gasteiger partial charge in [-0.3, -0.25) is 0 Å². The average molecular weight is 212 g/mol. The first kappa shape index (κ1) is 11.4. The number of esters is 1. The number of benzene rings is 1. The Morgan fingerprint density at radius 1 is 1.27 bits per heavy atom. The smallest absolute Gasteiger partial charge is 0.338 e. The van der Waals surface area contributed by atoms with Gasteiger partial charge in [0.2, 0.25) is 0 Å². The third kappa shape index (κ3) is 3.50. The predicted octanol–water partition coefficient (Wildman–Crippen LogP) is 3.01. The van der Waals surface area contributed by atoms with Gasteiger partial charge in [0, 0.05) is 5.57 Å². The van der Waals surface area contributed by atoms with Gasteiger partial charge in [0.15, 0.2) is 0 Å². The van der Waals surface area contributed by atoms with Gasteiger partial charge in [0.05, 0.1) is 5.56 Å². The van der Waals surface area contributed by atoms with Gasteiger partial charge in [-0.1, -0.05) is 18.2 Å². The van der Waals surface area contributed by atoms with Gasteiger partial charge in [-0.2, -0.15) is 8.78 Å². The highest BCUT2D eigenvalue weighted by molar-refractivity contribution is 5.89. The van der Waals surface area contributed by atoms with E-state index >= 15 is 0 Å². The first-order valence-corrected chi connectivity index (χ1v) is 4.34. The number of hydrogen-bond acceptors (Lipinski definition) is 2. The van der Waals surface area contributed by atoms with E-state index in [1.54, 1.807) is 30.3 Å². The van der Waals surface area contributed by atoms with Gasteiger partial charge in [0.25, 0.3) is 6.08 Å². The van der Waals surface area contributed by atoms with Gasteiger partial charge in [-0.15, -0.1) is 0 Å². The lowest BCUT2D eigenvalue weighted by atomic mass is 10.2. The highest BCUT2D eigenvalue weighted by Gasteiger charge is 2.07. The molecule has 2 nitrogen and oxygen atoms in total. The van der Waals surface area contributed by atoms with Gasteiger partial charge >= 0.3 is 5.97 Å². The molecule has 1 aromatic rings. The third-order valence-electron chi connectivity index (χ3n) is 1.75. The third-order valence-corrected chi connectivity index (χ3v) is 1.75. The molecule has 0 heterocycles. The van der Waals surface area contributed by atoms with E-state index in [-0.39, 0.29) is 12.2 Å². The topological polar surface area (TPSA) is 26.3 Å². The zero-order valence-corrected chi connectivity index (χ0v) is 8.17. The minimum absolute atomic E-state index is 0.237. The van der Waals surface area contributed by atoms with Crippen LogP contribution in [0.4, 0.5) is 8.78 Å². The molecular formula is C11H10F2O2. The van der Waals surface area contributed by atoms with E-state index in [9.17, 15) is 13.6 Å². The Morgan fingerprint density at radius 2 is 1.87 bits per heavy atom. The molecule has 0 saturated heterocycles. The summed E-state index contributed by atoms with van der Waals surface area (Å²) in [6.45, 7) is 0.837. The lowest BCUT2D eigenvalue weighted by Crippen LogP contribution is -2.07. The molecule has 0 aliphatic carbocycles. The molecular weight excluding hydrogens is 202 g/mol. The fraction of sp³-hybridized carbons (Fsp3) is 0.182. The van der Waals surface area contributed by atoms with Crippen LogP contribution < -0.4 is 0 Å². The van der Waals surface area contributed by atoms with E-state index in [4.69, 9.17) is 0 Å². The summed E-state index contributed by atoms with van der Waals surface area (Å²) in [4.78, 5) is 11.3. The highest BCUT2D eigenvalue weighted by Crippen LogP contribution is 2.08. The van der Waals surface area contributed by atoms with E-state index in [1.165, 1.54) is 6.92 Å². The van der Waals surface area contributed by atoms with E-state index < -0.39 is 12.0 Å². The molecule has 0 bridgehead atoms. The summed E-state index contributed by atoms with van der Waals surface area (Å²) < 4.78 is 28.6. The number of halogens is 2. The van der Waals surface area contributed by atoms with E-state index in [0.29, 0.717) is 5.56 Å². The van der Waals surface area contributed by atoms with Crippen LogP contribution in [0.2, 0.25) is 0 Å². The normalized spacial score (nSPS) is 9.53. The lowest BCUT2D eigenvalue weighted by Gasteiger charge is -2.03. The van der Waals surface area contributed by atoms with Crippen molar-refractivity contribution in [3.8, 4) is 0 Å². The molecule has 80 valence electrons. The van der Waals surface area contributed by atoms with Crippen LogP contribution in [0, 0.1) is 0 Å². The van der Waals surface area contributed by atoms with Crippen molar-refractivity contribution in [1.82, 2.24) is 0 Å². The van der Waals surface area contributed by atoms with E-state index in [2.05, 4.69) is 4.74 Å². The molecule has 15 heavy (non-hydrogen) atoms. The van der Waals surface area contributed by atoms with Crippen LogP contribution in [0.3, 0.4) is 0 Å². The van der Waals surface area contributed by atoms with Crippen molar-refractivity contribution >= 4 is 5.97 Å². The summed E-state index contributed by atoms with van der Waals surface area (Å²) in [6.07, 6.45) is -1.81. The molecule has 0 aliphatic heterocycles. The van der Waals surface area contributed by atoms with Crippen molar-refractivity contribution in [3.63, 3.8) is 0 Å². The maximum Gasteiger partial charge on any atom is 0.338 e. The zero-order valence-electron chi connectivity index (χ0n) is 8.17. The van der Waals surface area contributed by atoms with Crippen LogP contribution in [0.5, 0.6) is 0 Å². The van der Waals surface area contributed by atoms with Gasteiger partial charge in [0.1, 0.15) is 6.61 Å². The summed E-state index contributed by atoms with van der Waals surface area (Å²) in [5.74, 6) is -0.601. The van der Waals surface area contributed by atoms with Gasteiger partial charge in [-0.25, -0.2) is 4.79 Å². The highest BCUT2D eigenvalue weighted by atomic mass is 19.3. The van der Waals surface area contributed by atoms with Crippen LogP contribution in [0.1, 0.15) is 17.3 Å². The Morgan fingerprint density at radius 3 is 2.40 bits per heavy atom. The Balaban J connectivity index is 2.55. The second kappa shape index (κ2) is 5.24. The summed E-state index contributed by atoms with van der Waals surface area (Å²) >= 11 is 0. The number of hydrogen-bond donors (Lipinski definition) is 0. The molecule has 0 amide bonds. The molecule has 1 rings (SSSR count). The maximum absolute atomic E-state index is 12.0. The molecule has 4 heteroatoms. The predicted molar refractivity (Wildman–Crippen MR) is 51.6 cm³/mol. The minimum Gasteiger partial charge on any atom is -0.457 e. The number of rotatable bonds is 3. The van der Waals surface area contributed by atoms with Crippen molar-refractivity contribution in [1.29, 1.82) is 0 Å². The fourth-order valence-electron chi connectivity index (χ4n) is 0.886. The van der Waals surface area contributed by atoms with Crippen LogP contribution in [0.25, 0.3) is 0 Å². The van der Waals surface area contributed by atoms with Crippen LogP contribution in [-0.2, 0) is 4.74 Å². The molecule has 0 spiro atoms. The SMILES string of the molecule is CC(COC(=O)c1ccccc1)=C(F)F. The molecule has 0 saturated carbocycles. The first-order valence-electron chi connectivity index (χ1n) is 4.34. The minimum atomic E-state index is -1.81. The summed E-state index contributed by atoms with van der Waals surface area (Å²) in [5.41, 5.74) is 0.115. The second-order valence-electron chi connectivity index (χ2n) is 2.98. The van der Waals surface area contributed by atoms with Crippen molar-refractivity contribution in [3.05, 3.63) is 47.5 Å². The molecule has 0 radical (unpaired) electrons. The quantitative estimate of drug-likeness (QED) is 0.720. The molecule has 0 aromatic heterocycles. The number of carbonyl (C=O) groups is 1. The van der Waals surface area contributed by atoms with Crippen molar-refractivity contribution < 1.29 is 18.3 Å². The Bertz CT molecular complexity index is 367. The maximum atomic E-state index is 12.0. The molecule has 0 unspecified atom stereocenters. The monoisotopic (exact) mass is 212 g/mol. The van der Waals surface area contributed by atoms with E-state index in [1.807, 2.05) is 0 Å². The average Bonchev–Trinajstić information content (AvgIpc) is 2.26. The Kier molecular flexibility index (Phi) is 3.97. The molecule has 1 aromatic carbocycles. The zero-order chi connectivity index (χ0) is 11.3. The van der Waals surface area contributed by atoms with Gasteiger partial charge < -0.3 is 4.74 Å². The molecule has 0 aliphatic rings. The summed E-state index contributed by atoms with van der Waals surface area (Å²) in [6, 6.07) is 8.23. The molecule has 0 N–H and O–H groups in total. The first-order chi connectivity index (χ1) is 7.11. The Labute approximate surface area is 86.2 Å². The van der Waals surface area contributed by atoms with Crippen molar-refractivity contribution in [2.45, 2.75) is 6.92 Å². The number of carbonyl (C=O) groups excluding carboxylic acids is 1. The number of ether oxygens (including phenoxy) is 1. The van der Waals surface area contributed by atoms with Crippen LogP contribution >= 0.6 is 0 Å². The van der Waals surface area contributed by atoms with Gasteiger partial charge in [-0.05, 0) is 19.1 Å².